The van der Waals surface area contributed by atoms with Crippen LogP contribution in [-0.4, -0.2) is 31.9 Å². The Morgan fingerprint density at radius 3 is 1.61 bits per heavy atom. The molecule has 0 N–H and O–H groups in total. The second-order valence-corrected chi connectivity index (χ2v) is 24.5. The number of aromatic nitrogens is 4. The number of allylic oxidation sites excluding steroid dienone is 5. The van der Waals surface area contributed by atoms with Crippen molar-refractivity contribution in [3.63, 3.8) is 0 Å². The van der Waals surface area contributed by atoms with E-state index in [0.29, 0.717) is 13.2 Å². The fourth-order valence-corrected chi connectivity index (χ4v) is 18.3. The van der Waals surface area contributed by atoms with Gasteiger partial charge in [-0.25, -0.2) is 0 Å². The van der Waals surface area contributed by atoms with Crippen LogP contribution in [0.2, 0.25) is 0 Å². The maximum atomic E-state index is 6.24. The topological polar surface area (TPSA) is 60.8 Å². The summed E-state index contributed by atoms with van der Waals surface area (Å²) < 4.78 is 20.5. The molecule has 0 radical (unpaired) electrons. The van der Waals surface area contributed by atoms with Gasteiger partial charge >= 0.3 is 356 Å². The van der Waals surface area contributed by atoms with Crippen LogP contribution in [0.1, 0.15) is 41.1 Å². The number of hydrogen-bond donors (Lipinski definition) is 0. The molecule has 1 aliphatic heterocycles. The Labute approximate surface area is 443 Å². The standard InChI is InChI=1S/C62H49N4OPS3.Os/c1-6-17-45-38-67-39-46(45)37-51(42(5)68(47-19-11-8-12-20-47,48-21-13-9-14-22-48)49-23-15-10-16-24-49)52-35-36-54(70-52)56-60-59(55(61-62(56)66-71-65-61)53-34-33-50(69-53)18-7-2)63-57(43-29-25-40(3)26-30-43)58(64-60)44-31-27-41(4)28-32-44;/h7-37H,6,38-39H2,1-4H3;/q+1;/b18-7+,45-17?,46-37?,51-42?;. The maximum absolute atomic E-state index is 6.24. The van der Waals surface area contributed by atoms with Crippen molar-refractivity contribution in [3.05, 3.63) is 219 Å². The number of fused-ring (bicyclic) bond motifs is 2. The Hall–Kier alpha value is -6.35. The summed E-state index contributed by atoms with van der Waals surface area (Å²) in [6.45, 7) is 9.62. The first kappa shape index (κ1) is 47.9. The SMILES string of the molecule is C/C=C/c1ccc(-c2c3nsnc3c(-c3ccc(C(C=C4COCC4=CCC)=C([C]#[Os])[P+](c4ccccc4)(c4ccccc4)c4ccccc4)s3)c3nc(-c4ccc(C)cc4)c(-c4ccc(C)cc4)nc23)s1. The molecule has 0 saturated carbocycles. The number of ether oxygens (including phenoxy) is 1. The number of thiophene rings is 2. The van der Waals surface area contributed by atoms with E-state index in [1.54, 1.807) is 22.7 Å². The van der Waals surface area contributed by atoms with Crippen LogP contribution >= 0.6 is 41.7 Å². The summed E-state index contributed by atoms with van der Waals surface area (Å²) in [5.74, 6) is 0. The Morgan fingerprint density at radius 1 is 0.611 bits per heavy atom. The molecule has 0 unspecified atom stereocenters. The van der Waals surface area contributed by atoms with Gasteiger partial charge in [0.15, 0.2) is 0 Å². The molecule has 4 aromatic heterocycles. The predicted octanol–water partition coefficient (Wildman–Crippen LogP) is 15.6. The first-order valence-corrected chi connectivity index (χ1v) is 29.4. The van der Waals surface area contributed by atoms with E-state index >= 15 is 0 Å². The molecule has 0 atom stereocenters. The van der Waals surface area contributed by atoms with Gasteiger partial charge in [0.25, 0.3) is 0 Å². The molecule has 10 heteroatoms. The van der Waals surface area contributed by atoms with Crippen molar-refractivity contribution in [2.24, 2.45) is 0 Å². The molecule has 72 heavy (non-hydrogen) atoms. The van der Waals surface area contributed by atoms with Crippen LogP contribution in [0.5, 0.6) is 0 Å². The van der Waals surface area contributed by atoms with Crippen LogP contribution in [0, 0.1) is 18.2 Å². The summed E-state index contributed by atoms with van der Waals surface area (Å²) in [6.07, 6.45) is 9.88. The third-order valence-electron chi connectivity index (χ3n) is 13.1. The zero-order valence-electron chi connectivity index (χ0n) is 40.2. The fourth-order valence-electron chi connectivity index (χ4n) is 9.71. The fraction of sp³-hybridized carbons (Fsp3) is 0.113. The summed E-state index contributed by atoms with van der Waals surface area (Å²) in [5.41, 5.74) is 14.7. The van der Waals surface area contributed by atoms with Gasteiger partial charge in [-0.3, -0.25) is 0 Å². The van der Waals surface area contributed by atoms with Gasteiger partial charge in [0.1, 0.15) is 0 Å². The quantitative estimate of drug-likeness (QED) is 0.114. The number of nitrogens with zero attached hydrogens (tertiary/aromatic N) is 4. The van der Waals surface area contributed by atoms with Crippen LogP contribution in [0.3, 0.4) is 0 Å². The number of aryl methyl sites for hydroxylation is 2. The minimum absolute atomic E-state index is 0.538. The van der Waals surface area contributed by atoms with Crippen molar-refractivity contribution < 1.29 is 22.7 Å². The van der Waals surface area contributed by atoms with Crippen LogP contribution in [-0.2, 0) is 22.7 Å². The van der Waals surface area contributed by atoms with Gasteiger partial charge in [-0.2, -0.15) is 0 Å². The monoisotopic (exact) mass is 1180 g/mol. The zero-order chi connectivity index (χ0) is 49.2. The molecule has 1 saturated heterocycles. The van der Waals surface area contributed by atoms with Gasteiger partial charge in [0.05, 0.1) is 0 Å². The van der Waals surface area contributed by atoms with Crippen molar-refractivity contribution in [2.75, 3.05) is 13.2 Å². The summed E-state index contributed by atoms with van der Waals surface area (Å²) >= 11 is 6.56. The van der Waals surface area contributed by atoms with Gasteiger partial charge in [-0.1, -0.05) is 53.6 Å². The average molecular weight is 1180 g/mol. The zero-order valence-corrected chi connectivity index (χ0v) is 46.1. The van der Waals surface area contributed by atoms with E-state index in [1.807, 2.05) is 17.9 Å². The molecule has 0 bridgehead atoms. The average Bonchev–Trinajstić information content (AvgIpc) is 4.28. The second kappa shape index (κ2) is 21.0. The van der Waals surface area contributed by atoms with Crippen molar-refractivity contribution in [3.8, 4) is 47.8 Å². The van der Waals surface area contributed by atoms with Crippen molar-refractivity contribution in [1.82, 2.24) is 18.7 Å². The van der Waals surface area contributed by atoms with Gasteiger partial charge in [-0.05, 0) is 32.9 Å². The van der Waals surface area contributed by atoms with Crippen LogP contribution in [0.25, 0.3) is 77.1 Å². The molecule has 6 aromatic carbocycles. The first-order valence-electron chi connectivity index (χ1n) is 24.0. The van der Waals surface area contributed by atoms with Crippen molar-refractivity contribution in [1.29, 1.82) is 0 Å². The molecule has 11 rings (SSSR count). The van der Waals surface area contributed by atoms with Gasteiger partial charge < -0.3 is 0 Å². The summed E-state index contributed by atoms with van der Waals surface area (Å²) in [5, 5.41) is 4.97. The number of hydrogen-bond acceptors (Lipinski definition) is 8. The van der Waals surface area contributed by atoms with E-state index in [0.717, 1.165) is 87.2 Å². The van der Waals surface area contributed by atoms with Gasteiger partial charge in [0, 0.05) is 4.88 Å². The molecule has 353 valence electrons. The van der Waals surface area contributed by atoms with Crippen LogP contribution in [0.4, 0.5) is 0 Å². The molecule has 0 spiro atoms. The number of rotatable bonds is 12. The molecular formula is C62H49N4OOsPS3+. The predicted molar refractivity (Wildman–Crippen MR) is 305 cm³/mol. The van der Waals surface area contributed by atoms with Crippen LogP contribution < -0.4 is 15.9 Å². The molecule has 5 nitrogen and oxygen atoms in total. The van der Waals surface area contributed by atoms with Crippen molar-refractivity contribution in [2.45, 2.75) is 34.1 Å². The van der Waals surface area contributed by atoms with E-state index in [9.17, 15) is 0 Å². The van der Waals surface area contributed by atoms with E-state index in [4.69, 9.17) is 23.5 Å². The van der Waals surface area contributed by atoms with E-state index in [2.05, 4.69) is 220 Å². The Kier molecular flexibility index (Phi) is 14.0. The third kappa shape index (κ3) is 8.89. The summed E-state index contributed by atoms with van der Waals surface area (Å²) in [4.78, 5) is 15.9. The third-order valence-corrected chi connectivity index (χ3v) is 21.2. The van der Waals surface area contributed by atoms with Gasteiger partial charge in [-0.15, -0.1) is 0 Å². The van der Waals surface area contributed by atoms with E-state index in [-0.39, 0.29) is 0 Å². The molecule has 0 amide bonds. The molecule has 1 fully saturated rings. The van der Waals surface area contributed by atoms with E-state index in [1.165, 1.54) is 55.2 Å². The minimum atomic E-state index is -2.60. The first-order chi connectivity index (χ1) is 35.4. The molecule has 0 aliphatic carbocycles. The summed E-state index contributed by atoms with van der Waals surface area (Å²) in [6, 6.07) is 59.5. The summed E-state index contributed by atoms with van der Waals surface area (Å²) in [7, 11) is -2.60. The molecule has 1 aliphatic rings. The molecular weight excluding hydrogens is 1130 g/mol. The van der Waals surface area contributed by atoms with Crippen molar-refractivity contribution >= 4 is 91.3 Å². The molecule has 10 aromatic rings. The van der Waals surface area contributed by atoms with Crippen LogP contribution in [0.15, 0.2) is 198 Å². The Bertz CT molecular complexity index is 3690. The Balaban J connectivity index is 1.24. The number of benzene rings is 6. The molecule has 5 heterocycles. The second-order valence-electron chi connectivity index (χ2n) is 17.8. The Morgan fingerprint density at radius 2 is 1.11 bits per heavy atom. The normalized spacial score (nSPS) is 14.5. The van der Waals surface area contributed by atoms with E-state index < -0.39 is 7.26 Å². The van der Waals surface area contributed by atoms with Gasteiger partial charge in [0.2, 0.25) is 0 Å².